The molecule has 4 rings (SSSR count). The second-order valence-electron chi connectivity index (χ2n) is 9.74. The number of carbonyl (C=O) groups is 1. The molecule has 28 heavy (non-hydrogen) atoms. The van der Waals surface area contributed by atoms with E-state index in [9.17, 15) is 9.90 Å². The number of aliphatic hydroxyl groups is 1. The van der Waals surface area contributed by atoms with Gasteiger partial charge in [-0.3, -0.25) is 4.79 Å². The SMILES string of the molecule is CC(C)CCN1CC2C(NC(=O)C(O)(c3ccccc3)C3CCCCC3)[C@H]2C1. The Morgan fingerprint density at radius 1 is 1.14 bits per heavy atom. The average molecular weight is 385 g/mol. The summed E-state index contributed by atoms with van der Waals surface area (Å²) in [7, 11) is 0. The highest BCUT2D eigenvalue weighted by molar-refractivity contribution is 5.87. The molecule has 1 heterocycles. The molecule has 4 heteroatoms. The van der Waals surface area contributed by atoms with Crippen LogP contribution in [0.2, 0.25) is 0 Å². The highest BCUT2D eigenvalue weighted by atomic mass is 16.3. The van der Waals surface area contributed by atoms with Crippen molar-refractivity contribution in [2.24, 2.45) is 23.7 Å². The van der Waals surface area contributed by atoms with Gasteiger partial charge in [-0.05, 0) is 49.1 Å². The van der Waals surface area contributed by atoms with Crippen molar-refractivity contribution in [1.29, 1.82) is 0 Å². The van der Waals surface area contributed by atoms with E-state index in [0.717, 1.165) is 50.3 Å². The molecule has 0 aromatic heterocycles. The zero-order valence-corrected chi connectivity index (χ0v) is 17.4. The topological polar surface area (TPSA) is 52.6 Å². The third-order valence-corrected chi connectivity index (χ3v) is 7.35. The van der Waals surface area contributed by atoms with E-state index in [1.807, 2.05) is 30.3 Å². The van der Waals surface area contributed by atoms with Crippen molar-refractivity contribution >= 4 is 5.91 Å². The number of likely N-dealkylation sites (tertiary alicyclic amines) is 1. The molecule has 154 valence electrons. The summed E-state index contributed by atoms with van der Waals surface area (Å²) in [4.78, 5) is 15.9. The molecule has 1 amide bonds. The predicted octanol–water partition coefficient (Wildman–Crippen LogP) is 3.55. The van der Waals surface area contributed by atoms with Gasteiger partial charge in [0.05, 0.1) is 0 Å². The fourth-order valence-corrected chi connectivity index (χ4v) is 5.48. The van der Waals surface area contributed by atoms with Crippen molar-refractivity contribution in [3.8, 4) is 0 Å². The fraction of sp³-hybridized carbons (Fsp3) is 0.708. The third kappa shape index (κ3) is 3.86. The number of nitrogens with one attached hydrogen (secondary N) is 1. The zero-order valence-electron chi connectivity index (χ0n) is 17.4. The van der Waals surface area contributed by atoms with Gasteiger partial charge >= 0.3 is 0 Å². The molecule has 4 atom stereocenters. The summed E-state index contributed by atoms with van der Waals surface area (Å²) in [5.74, 6) is 1.73. The molecule has 1 aromatic carbocycles. The quantitative estimate of drug-likeness (QED) is 0.756. The lowest BCUT2D eigenvalue weighted by Gasteiger charge is -2.38. The smallest absolute Gasteiger partial charge is 0.257 e. The van der Waals surface area contributed by atoms with E-state index < -0.39 is 5.60 Å². The maximum absolute atomic E-state index is 13.4. The van der Waals surface area contributed by atoms with E-state index in [2.05, 4.69) is 24.1 Å². The molecule has 0 bridgehead atoms. The Hall–Kier alpha value is -1.39. The van der Waals surface area contributed by atoms with Crippen molar-refractivity contribution in [1.82, 2.24) is 10.2 Å². The first-order valence-corrected chi connectivity index (χ1v) is 11.3. The Morgan fingerprint density at radius 2 is 1.79 bits per heavy atom. The molecule has 2 saturated carbocycles. The average Bonchev–Trinajstić information content (AvgIpc) is 3.15. The van der Waals surface area contributed by atoms with Crippen LogP contribution >= 0.6 is 0 Å². The van der Waals surface area contributed by atoms with Crippen LogP contribution in [-0.2, 0) is 10.4 Å². The lowest BCUT2D eigenvalue weighted by atomic mass is 9.73. The van der Waals surface area contributed by atoms with Gasteiger partial charge in [-0.1, -0.05) is 63.4 Å². The van der Waals surface area contributed by atoms with Gasteiger partial charge < -0.3 is 15.3 Å². The van der Waals surface area contributed by atoms with Crippen molar-refractivity contribution in [3.05, 3.63) is 35.9 Å². The molecule has 2 N–H and O–H groups in total. The number of carbonyl (C=O) groups excluding carboxylic acids is 1. The number of hydrogen-bond acceptors (Lipinski definition) is 3. The fourth-order valence-electron chi connectivity index (χ4n) is 5.48. The van der Waals surface area contributed by atoms with Crippen molar-refractivity contribution in [2.75, 3.05) is 19.6 Å². The van der Waals surface area contributed by atoms with Gasteiger partial charge in [-0.25, -0.2) is 0 Å². The van der Waals surface area contributed by atoms with Crippen molar-refractivity contribution in [3.63, 3.8) is 0 Å². The summed E-state index contributed by atoms with van der Waals surface area (Å²) in [6.07, 6.45) is 6.52. The van der Waals surface area contributed by atoms with E-state index >= 15 is 0 Å². The first-order valence-electron chi connectivity index (χ1n) is 11.3. The van der Waals surface area contributed by atoms with E-state index in [0.29, 0.717) is 11.8 Å². The minimum Gasteiger partial charge on any atom is -0.375 e. The minimum atomic E-state index is -1.39. The number of hydrogen-bond donors (Lipinski definition) is 2. The van der Waals surface area contributed by atoms with Crippen LogP contribution in [0.1, 0.15) is 57.9 Å². The first-order chi connectivity index (χ1) is 13.5. The molecule has 3 fully saturated rings. The standard InChI is InChI=1S/C24H36N2O2/c1-17(2)13-14-26-15-20-21(16-26)22(20)25-23(27)24(28,18-9-5-3-6-10-18)19-11-7-4-8-12-19/h3,5-6,9-10,17,19-22,28H,4,7-8,11-16H2,1-2H3,(H,25,27)/t20-,21?,22?,24?/m0/s1. The Labute approximate surface area is 169 Å². The number of fused-ring (bicyclic) bond motifs is 1. The van der Waals surface area contributed by atoms with Crippen LogP contribution in [0.5, 0.6) is 0 Å². The summed E-state index contributed by atoms with van der Waals surface area (Å²) < 4.78 is 0. The molecule has 3 aliphatic rings. The Bertz CT molecular complexity index is 658. The number of benzene rings is 1. The Balaban J connectivity index is 1.41. The summed E-state index contributed by atoms with van der Waals surface area (Å²) >= 11 is 0. The largest absolute Gasteiger partial charge is 0.375 e. The molecule has 1 saturated heterocycles. The van der Waals surface area contributed by atoms with Gasteiger partial charge in [-0.15, -0.1) is 0 Å². The second-order valence-corrected chi connectivity index (χ2v) is 9.74. The first kappa shape index (κ1) is 19.9. The van der Waals surface area contributed by atoms with Crippen LogP contribution in [0.3, 0.4) is 0 Å². The van der Waals surface area contributed by atoms with Crippen LogP contribution in [0.15, 0.2) is 30.3 Å². The highest BCUT2D eigenvalue weighted by Gasteiger charge is 2.58. The van der Waals surface area contributed by atoms with E-state index in [4.69, 9.17) is 0 Å². The van der Waals surface area contributed by atoms with Gasteiger partial charge in [0, 0.05) is 25.0 Å². The maximum atomic E-state index is 13.4. The van der Waals surface area contributed by atoms with Crippen molar-refractivity contribution < 1.29 is 9.90 Å². The van der Waals surface area contributed by atoms with Gasteiger partial charge in [-0.2, -0.15) is 0 Å². The predicted molar refractivity (Wildman–Crippen MR) is 112 cm³/mol. The molecule has 0 radical (unpaired) electrons. The monoisotopic (exact) mass is 384 g/mol. The van der Waals surface area contributed by atoms with Crippen LogP contribution < -0.4 is 5.32 Å². The zero-order chi connectivity index (χ0) is 19.7. The highest BCUT2D eigenvalue weighted by Crippen LogP contribution is 2.47. The molecule has 0 spiro atoms. The van der Waals surface area contributed by atoms with E-state index in [-0.39, 0.29) is 17.9 Å². The van der Waals surface area contributed by atoms with Gasteiger partial charge in [0.25, 0.3) is 5.91 Å². The molecule has 4 nitrogen and oxygen atoms in total. The maximum Gasteiger partial charge on any atom is 0.257 e. The number of amides is 1. The molecule has 1 aromatic rings. The molecule has 3 unspecified atom stereocenters. The Kier molecular flexibility index (Phi) is 5.80. The summed E-state index contributed by atoms with van der Waals surface area (Å²) in [6, 6.07) is 9.87. The Morgan fingerprint density at radius 3 is 2.39 bits per heavy atom. The summed E-state index contributed by atoms with van der Waals surface area (Å²) in [6.45, 7) is 7.90. The van der Waals surface area contributed by atoms with Crippen LogP contribution in [0, 0.1) is 23.7 Å². The minimum absolute atomic E-state index is 0.0183. The van der Waals surface area contributed by atoms with Crippen LogP contribution in [0.25, 0.3) is 0 Å². The molecule has 1 aliphatic heterocycles. The molecule has 2 aliphatic carbocycles. The second kappa shape index (κ2) is 8.16. The van der Waals surface area contributed by atoms with Crippen LogP contribution in [0.4, 0.5) is 0 Å². The molecular formula is C24H36N2O2. The lowest BCUT2D eigenvalue weighted by Crippen LogP contribution is -2.51. The molecular weight excluding hydrogens is 348 g/mol. The van der Waals surface area contributed by atoms with Crippen LogP contribution in [-0.4, -0.2) is 41.6 Å². The van der Waals surface area contributed by atoms with E-state index in [1.54, 1.807) is 0 Å². The van der Waals surface area contributed by atoms with Gasteiger partial charge in [0.1, 0.15) is 0 Å². The van der Waals surface area contributed by atoms with Crippen molar-refractivity contribution in [2.45, 2.75) is 64.0 Å². The lowest BCUT2D eigenvalue weighted by molar-refractivity contribution is -0.149. The summed E-state index contributed by atoms with van der Waals surface area (Å²) in [5.41, 5.74) is -0.639. The number of rotatable bonds is 7. The van der Waals surface area contributed by atoms with E-state index in [1.165, 1.54) is 19.4 Å². The summed E-state index contributed by atoms with van der Waals surface area (Å²) in [5, 5.41) is 15.0. The third-order valence-electron chi connectivity index (χ3n) is 7.35. The number of piperidine rings is 1. The van der Waals surface area contributed by atoms with Gasteiger partial charge in [0.15, 0.2) is 5.60 Å². The van der Waals surface area contributed by atoms with Gasteiger partial charge in [0.2, 0.25) is 0 Å². The number of nitrogens with zero attached hydrogens (tertiary/aromatic N) is 1. The normalized spacial score (nSPS) is 30.1.